The van der Waals surface area contributed by atoms with Crippen LogP contribution in [0.15, 0.2) is 4.42 Å². The number of anilines is 1. The van der Waals surface area contributed by atoms with Crippen LogP contribution in [0.25, 0.3) is 0 Å². The van der Waals surface area contributed by atoms with E-state index in [1.165, 1.54) is 0 Å². The van der Waals surface area contributed by atoms with E-state index in [1.807, 2.05) is 0 Å². The first-order valence-electron chi connectivity index (χ1n) is 4.92. The Hall–Kier alpha value is -1.35. The third kappa shape index (κ3) is 6.07. The lowest BCUT2D eigenvalue weighted by Crippen LogP contribution is -2.20. The van der Waals surface area contributed by atoms with Crippen molar-refractivity contribution < 1.29 is 22.3 Å². The molecular formula is C8H13F3N4O2. The Morgan fingerprint density at radius 2 is 2.12 bits per heavy atom. The second kappa shape index (κ2) is 6.40. The van der Waals surface area contributed by atoms with E-state index in [0.717, 1.165) is 0 Å². The van der Waals surface area contributed by atoms with Crippen molar-refractivity contribution in [1.29, 1.82) is 0 Å². The van der Waals surface area contributed by atoms with Crippen LogP contribution in [0.5, 0.6) is 0 Å². The molecule has 1 aromatic rings. The molecule has 1 aromatic heterocycles. The number of nitrogens with one attached hydrogen (secondary N) is 1. The van der Waals surface area contributed by atoms with Gasteiger partial charge in [-0.05, 0) is 0 Å². The molecular weight excluding hydrogens is 241 g/mol. The minimum Gasteiger partial charge on any atom is -0.408 e. The maximum Gasteiger partial charge on any atom is 0.411 e. The van der Waals surface area contributed by atoms with Crippen molar-refractivity contribution in [2.24, 2.45) is 5.73 Å². The smallest absolute Gasteiger partial charge is 0.408 e. The SMILES string of the molecule is NCCc1nnc(NCCOCC(F)(F)F)o1. The van der Waals surface area contributed by atoms with Crippen LogP contribution in [0, 0.1) is 0 Å². The Morgan fingerprint density at radius 1 is 1.35 bits per heavy atom. The maximum atomic E-state index is 11.7. The molecule has 0 bridgehead atoms. The summed E-state index contributed by atoms with van der Waals surface area (Å²) in [5.41, 5.74) is 5.28. The van der Waals surface area contributed by atoms with E-state index in [-0.39, 0.29) is 19.2 Å². The number of nitrogens with two attached hydrogens (primary N) is 1. The zero-order chi connectivity index (χ0) is 12.7. The number of halogens is 3. The predicted octanol–water partition coefficient (Wildman–Crippen LogP) is 0.562. The molecule has 0 aliphatic heterocycles. The first-order chi connectivity index (χ1) is 8.01. The number of hydrogen-bond acceptors (Lipinski definition) is 6. The fourth-order valence-electron chi connectivity index (χ4n) is 0.968. The van der Waals surface area contributed by atoms with Crippen LogP contribution in [-0.4, -0.2) is 42.7 Å². The summed E-state index contributed by atoms with van der Waals surface area (Å²) in [5.74, 6) is 0.381. The maximum absolute atomic E-state index is 11.7. The molecule has 9 heteroatoms. The summed E-state index contributed by atoms with van der Waals surface area (Å²) in [7, 11) is 0. The van der Waals surface area contributed by atoms with Gasteiger partial charge in [0.05, 0.1) is 6.61 Å². The molecule has 0 amide bonds. The van der Waals surface area contributed by atoms with Gasteiger partial charge in [0.1, 0.15) is 6.61 Å². The van der Waals surface area contributed by atoms with Crippen LogP contribution in [0.2, 0.25) is 0 Å². The van der Waals surface area contributed by atoms with Gasteiger partial charge in [-0.15, -0.1) is 5.10 Å². The summed E-state index contributed by atoms with van der Waals surface area (Å²) in [6.45, 7) is -0.832. The van der Waals surface area contributed by atoms with Gasteiger partial charge in [0.15, 0.2) is 0 Å². The van der Waals surface area contributed by atoms with Gasteiger partial charge >= 0.3 is 12.2 Å². The van der Waals surface area contributed by atoms with E-state index in [2.05, 4.69) is 20.3 Å². The molecule has 0 saturated heterocycles. The molecule has 3 N–H and O–H groups in total. The van der Waals surface area contributed by atoms with Crippen LogP contribution in [0.3, 0.4) is 0 Å². The van der Waals surface area contributed by atoms with Crippen LogP contribution < -0.4 is 11.1 Å². The number of hydrogen-bond donors (Lipinski definition) is 2. The van der Waals surface area contributed by atoms with Gasteiger partial charge < -0.3 is 20.2 Å². The monoisotopic (exact) mass is 254 g/mol. The van der Waals surface area contributed by atoms with Crippen molar-refractivity contribution in [2.45, 2.75) is 12.6 Å². The number of nitrogens with zero attached hydrogens (tertiary/aromatic N) is 2. The lowest BCUT2D eigenvalue weighted by atomic mass is 10.4. The minimum absolute atomic E-state index is 0.103. The fourth-order valence-corrected chi connectivity index (χ4v) is 0.968. The number of alkyl halides is 3. The van der Waals surface area contributed by atoms with Gasteiger partial charge in [-0.2, -0.15) is 13.2 Å². The molecule has 0 spiro atoms. The van der Waals surface area contributed by atoms with Crippen molar-refractivity contribution in [1.82, 2.24) is 10.2 Å². The molecule has 17 heavy (non-hydrogen) atoms. The van der Waals surface area contributed by atoms with Crippen molar-refractivity contribution >= 4 is 6.01 Å². The summed E-state index contributed by atoms with van der Waals surface area (Å²) < 4.78 is 44.5. The Labute approximate surface area is 95.3 Å². The van der Waals surface area contributed by atoms with E-state index in [1.54, 1.807) is 0 Å². The van der Waals surface area contributed by atoms with Crippen LogP contribution >= 0.6 is 0 Å². The van der Waals surface area contributed by atoms with Crippen LogP contribution in [-0.2, 0) is 11.2 Å². The molecule has 0 atom stereocenters. The Bertz CT molecular complexity index is 329. The molecule has 0 radical (unpaired) electrons. The number of ether oxygens (including phenoxy) is 1. The second-order valence-electron chi connectivity index (χ2n) is 3.13. The normalized spacial score (nSPS) is 11.8. The molecule has 0 aliphatic rings. The summed E-state index contributed by atoms with van der Waals surface area (Å²) in [6.07, 6.45) is -3.85. The van der Waals surface area contributed by atoms with E-state index >= 15 is 0 Å². The molecule has 1 rings (SSSR count). The predicted molar refractivity (Wildman–Crippen MR) is 52.4 cm³/mol. The standard InChI is InChI=1S/C8H13F3N4O2/c9-8(10,11)5-16-4-3-13-7-15-14-6(17-7)1-2-12/h1-5,12H2,(H,13,15). The van der Waals surface area contributed by atoms with E-state index < -0.39 is 12.8 Å². The van der Waals surface area contributed by atoms with Crippen molar-refractivity contribution in [2.75, 3.05) is 31.6 Å². The average Bonchev–Trinajstić information content (AvgIpc) is 2.64. The first kappa shape index (κ1) is 13.7. The van der Waals surface area contributed by atoms with E-state index in [0.29, 0.717) is 18.9 Å². The lowest BCUT2D eigenvalue weighted by molar-refractivity contribution is -0.172. The Balaban J connectivity index is 2.13. The van der Waals surface area contributed by atoms with Crippen LogP contribution in [0.1, 0.15) is 5.89 Å². The third-order valence-corrected chi connectivity index (χ3v) is 1.61. The highest BCUT2D eigenvalue weighted by Gasteiger charge is 2.27. The van der Waals surface area contributed by atoms with E-state index in [4.69, 9.17) is 10.2 Å². The summed E-state index contributed by atoms with van der Waals surface area (Å²) in [5, 5.41) is 9.92. The van der Waals surface area contributed by atoms with Gasteiger partial charge in [0.25, 0.3) is 0 Å². The molecule has 0 aromatic carbocycles. The zero-order valence-corrected chi connectivity index (χ0v) is 8.96. The molecule has 0 unspecified atom stereocenters. The first-order valence-corrected chi connectivity index (χ1v) is 4.92. The largest absolute Gasteiger partial charge is 0.411 e. The summed E-state index contributed by atoms with van der Waals surface area (Å²) in [4.78, 5) is 0. The quantitative estimate of drug-likeness (QED) is 0.691. The van der Waals surface area contributed by atoms with Crippen molar-refractivity contribution in [3.8, 4) is 0 Å². The summed E-state index contributed by atoms with van der Waals surface area (Å²) >= 11 is 0. The highest BCUT2D eigenvalue weighted by atomic mass is 19.4. The van der Waals surface area contributed by atoms with Crippen LogP contribution in [0.4, 0.5) is 19.2 Å². The van der Waals surface area contributed by atoms with Gasteiger partial charge in [-0.25, -0.2) is 0 Å². The van der Waals surface area contributed by atoms with Gasteiger partial charge in [-0.3, -0.25) is 0 Å². The average molecular weight is 254 g/mol. The van der Waals surface area contributed by atoms with Gasteiger partial charge in [0.2, 0.25) is 5.89 Å². The lowest BCUT2D eigenvalue weighted by Gasteiger charge is -2.07. The molecule has 1 heterocycles. The van der Waals surface area contributed by atoms with Crippen molar-refractivity contribution in [3.05, 3.63) is 5.89 Å². The number of aromatic nitrogens is 2. The fraction of sp³-hybridized carbons (Fsp3) is 0.750. The van der Waals surface area contributed by atoms with E-state index in [9.17, 15) is 13.2 Å². The zero-order valence-electron chi connectivity index (χ0n) is 8.96. The minimum atomic E-state index is -4.31. The molecule has 98 valence electrons. The van der Waals surface area contributed by atoms with Gasteiger partial charge in [0, 0.05) is 19.5 Å². The number of rotatable bonds is 7. The topological polar surface area (TPSA) is 86.2 Å². The Kier molecular flexibility index (Phi) is 5.16. The molecule has 6 nitrogen and oxygen atoms in total. The molecule has 0 fully saturated rings. The highest BCUT2D eigenvalue weighted by Crippen LogP contribution is 2.14. The third-order valence-electron chi connectivity index (χ3n) is 1.61. The highest BCUT2D eigenvalue weighted by molar-refractivity contribution is 5.16. The summed E-state index contributed by atoms with van der Waals surface area (Å²) in [6, 6.07) is 0.143. The molecule has 0 aliphatic carbocycles. The molecule has 0 saturated carbocycles. The van der Waals surface area contributed by atoms with Crippen molar-refractivity contribution in [3.63, 3.8) is 0 Å². The Morgan fingerprint density at radius 3 is 2.76 bits per heavy atom. The second-order valence-corrected chi connectivity index (χ2v) is 3.13. The van der Waals surface area contributed by atoms with Gasteiger partial charge in [-0.1, -0.05) is 5.10 Å².